The lowest BCUT2D eigenvalue weighted by Gasteiger charge is -2.25. The molecule has 102 valence electrons. The molecule has 1 aliphatic rings. The van der Waals surface area contributed by atoms with Gasteiger partial charge in [0.05, 0.1) is 11.9 Å². The molecule has 2 N–H and O–H groups in total. The lowest BCUT2D eigenvalue weighted by atomic mass is 10.2. The first-order chi connectivity index (χ1) is 8.10. The number of rotatable bonds is 7. The van der Waals surface area contributed by atoms with Gasteiger partial charge >= 0.3 is 0 Å². The fraction of sp³-hybridized carbons (Fsp3) is 1.00. The monoisotopic (exact) mass is 264 g/mol. The minimum absolute atomic E-state index is 0.0927. The van der Waals surface area contributed by atoms with E-state index in [4.69, 9.17) is 4.74 Å². The maximum absolute atomic E-state index is 12.2. The van der Waals surface area contributed by atoms with Crippen LogP contribution in [0, 0.1) is 0 Å². The highest BCUT2D eigenvalue weighted by Crippen LogP contribution is 2.13. The van der Waals surface area contributed by atoms with Crippen molar-refractivity contribution in [2.24, 2.45) is 0 Å². The predicted octanol–water partition coefficient (Wildman–Crippen LogP) is 0.473. The molecule has 1 atom stereocenters. The van der Waals surface area contributed by atoms with Gasteiger partial charge in [-0.25, -0.2) is 13.1 Å². The zero-order valence-corrected chi connectivity index (χ0v) is 11.6. The van der Waals surface area contributed by atoms with Gasteiger partial charge in [0, 0.05) is 13.2 Å². The van der Waals surface area contributed by atoms with Crippen LogP contribution in [0.3, 0.4) is 0 Å². The third-order valence-corrected chi connectivity index (χ3v) is 5.07. The summed E-state index contributed by atoms with van der Waals surface area (Å²) in [4.78, 5) is 0. The van der Waals surface area contributed by atoms with Gasteiger partial charge in [0.1, 0.15) is 0 Å². The Balaban J connectivity index is 2.55. The molecule has 0 aliphatic carbocycles. The van der Waals surface area contributed by atoms with Crippen molar-refractivity contribution in [3.63, 3.8) is 0 Å². The largest absolute Gasteiger partial charge is 0.383 e. The van der Waals surface area contributed by atoms with Crippen LogP contribution in [0.5, 0.6) is 0 Å². The Kier molecular flexibility index (Phi) is 6.40. The molecule has 1 unspecified atom stereocenters. The van der Waals surface area contributed by atoms with Gasteiger partial charge < -0.3 is 10.1 Å². The molecule has 1 heterocycles. The number of sulfonamides is 1. The van der Waals surface area contributed by atoms with E-state index in [0.29, 0.717) is 19.4 Å². The van der Waals surface area contributed by atoms with E-state index in [0.717, 1.165) is 25.9 Å². The van der Waals surface area contributed by atoms with Crippen LogP contribution in [0.4, 0.5) is 0 Å². The van der Waals surface area contributed by atoms with Crippen LogP contribution >= 0.6 is 0 Å². The van der Waals surface area contributed by atoms with E-state index in [2.05, 4.69) is 10.0 Å². The first-order valence-corrected chi connectivity index (χ1v) is 7.85. The minimum Gasteiger partial charge on any atom is -0.383 e. The molecule has 1 rings (SSSR count). The van der Waals surface area contributed by atoms with Gasteiger partial charge in [0.15, 0.2) is 0 Å². The maximum atomic E-state index is 12.2. The quantitative estimate of drug-likeness (QED) is 0.701. The van der Waals surface area contributed by atoms with Crippen molar-refractivity contribution in [1.82, 2.24) is 10.0 Å². The Hall–Kier alpha value is -0.170. The molecule has 6 heteroatoms. The maximum Gasteiger partial charge on any atom is 0.214 e. The van der Waals surface area contributed by atoms with E-state index in [1.54, 1.807) is 7.11 Å². The molecule has 0 amide bonds. The fourth-order valence-electron chi connectivity index (χ4n) is 2.16. The van der Waals surface area contributed by atoms with Crippen molar-refractivity contribution in [2.75, 3.05) is 26.8 Å². The zero-order valence-electron chi connectivity index (χ0n) is 10.7. The molecule has 0 aromatic carbocycles. The number of hydrogen-bond acceptors (Lipinski definition) is 4. The molecule has 0 saturated carbocycles. The first-order valence-electron chi connectivity index (χ1n) is 6.31. The van der Waals surface area contributed by atoms with E-state index in [9.17, 15) is 8.42 Å². The second kappa shape index (κ2) is 7.31. The normalized spacial score (nSPS) is 20.4. The number of hydrogen-bond donors (Lipinski definition) is 2. The molecule has 17 heavy (non-hydrogen) atoms. The summed E-state index contributed by atoms with van der Waals surface area (Å²) in [5.74, 6) is 0. The SMILES string of the molecule is CCCC(COC)NS(=O)(=O)C1CCNCC1. The smallest absolute Gasteiger partial charge is 0.214 e. The second-order valence-electron chi connectivity index (χ2n) is 4.55. The van der Waals surface area contributed by atoms with Gasteiger partial charge in [-0.3, -0.25) is 0 Å². The van der Waals surface area contributed by atoms with Crippen LogP contribution in [0.1, 0.15) is 32.6 Å². The Morgan fingerprint density at radius 2 is 2.06 bits per heavy atom. The molecular formula is C11H24N2O3S. The molecule has 1 saturated heterocycles. The predicted molar refractivity (Wildman–Crippen MR) is 68.5 cm³/mol. The van der Waals surface area contributed by atoms with Crippen molar-refractivity contribution in [3.8, 4) is 0 Å². The number of piperidine rings is 1. The van der Waals surface area contributed by atoms with E-state index >= 15 is 0 Å². The van der Waals surface area contributed by atoms with Crippen LogP contribution in [0.2, 0.25) is 0 Å². The highest BCUT2D eigenvalue weighted by molar-refractivity contribution is 7.90. The lowest BCUT2D eigenvalue weighted by Crippen LogP contribution is -2.46. The van der Waals surface area contributed by atoms with Crippen molar-refractivity contribution in [3.05, 3.63) is 0 Å². The first kappa shape index (κ1) is 14.9. The molecule has 0 aromatic heterocycles. The third kappa shape index (κ3) is 4.91. The third-order valence-electron chi connectivity index (χ3n) is 3.06. The standard InChI is InChI=1S/C11H24N2O3S/c1-3-4-10(9-16-2)13-17(14,15)11-5-7-12-8-6-11/h10-13H,3-9H2,1-2H3. The Labute approximate surface area is 104 Å². The van der Waals surface area contributed by atoms with Crippen molar-refractivity contribution in [2.45, 2.75) is 43.9 Å². The van der Waals surface area contributed by atoms with Crippen LogP contribution < -0.4 is 10.0 Å². The van der Waals surface area contributed by atoms with Crippen LogP contribution in [0.25, 0.3) is 0 Å². The number of ether oxygens (including phenoxy) is 1. The lowest BCUT2D eigenvalue weighted by molar-refractivity contribution is 0.170. The van der Waals surface area contributed by atoms with Gasteiger partial charge in [0.25, 0.3) is 0 Å². The summed E-state index contributed by atoms with van der Waals surface area (Å²) in [6.07, 6.45) is 3.16. The topological polar surface area (TPSA) is 67.4 Å². The van der Waals surface area contributed by atoms with Crippen LogP contribution in [-0.2, 0) is 14.8 Å². The molecule has 0 spiro atoms. The van der Waals surface area contributed by atoms with Gasteiger partial charge in [-0.15, -0.1) is 0 Å². The Bertz CT molecular complexity index is 294. The number of nitrogens with one attached hydrogen (secondary N) is 2. The second-order valence-corrected chi connectivity index (χ2v) is 6.55. The average Bonchev–Trinajstić information content (AvgIpc) is 2.30. The Morgan fingerprint density at radius 3 is 2.59 bits per heavy atom. The zero-order chi connectivity index (χ0) is 12.7. The molecule has 0 radical (unpaired) electrons. The molecule has 0 bridgehead atoms. The van der Waals surface area contributed by atoms with Crippen molar-refractivity contribution >= 4 is 10.0 Å². The average molecular weight is 264 g/mol. The van der Waals surface area contributed by atoms with Gasteiger partial charge in [-0.2, -0.15) is 0 Å². The highest BCUT2D eigenvalue weighted by Gasteiger charge is 2.28. The van der Waals surface area contributed by atoms with Crippen molar-refractivity contribution < 1.29 is 13.2 Å². The minimum atomic E-state index is -3.20. The number of methoxy groups -OCH3 is 1. The Morgan fingerprint density at radius 1 is 1.41 bits per heavy atom. The summed E-state index contributed by atoms with van der Waals surface area (Å²) in [6, 6.07) is -0.0927. The van der Waals surface area contributed by atoms with Crippen LogP contribution in [0.15, 0.2) is 0 Å². The van der Waals surface area contributed by atoms with E-state index in [1.165, 1.54) is 0 Å². The van der Waals surface area contributed by atoms with Crippen molar-refractivity contribution in [1.29, 1.82) is 0 Å². The van der Waals surface area contributed by atoms with E-state index in [1.807, 2.05) is 6.92 Å². The molecule has 5 nitrogen and oxygen atoms in total. The summed E-state index contributed by atoms with van der Waals surface area (Å²) in [5, 5.41) is 2.92. The summed E-state index contributed by atoms with van der Waals surface area (Å²) in [7, 11) is -1.60. The molecule has 1 fully saturated rings. The summed E-state index contributed by atoms with van der Waals surface area (Å²) in [5.41, 5.74) is 0. The van der Waals surface area contributed by atoms with Crippen LogP contribution in [-0.4, -0.2) is 46.5 Å². The van der Waals surface area contributed by atoms with Gasteiger partial charge in [0.2, 0.25) is 10.0 Å². The summed E-state index contributed by atoms with van der Waals surface area (Å²) < 4.78 is 32.1. The van der Waals surface area contributed by atoms with E-state index < -0.39 is 10.0 Å². The summed E-state index contributed by atoms with van der Waals surface area (Å²) in [6.45, 7) is 4.06. The molecule has 0 aromatic rings. The molecule has 1 aliphatic heterocycles. The highest BCUT2D eigenvalue weighted by atomic mass is 32.2. The molecular weight excluding hydrogens is 240 g/mol. The summed E-state index contributed by atoms with van der Waals surface area (Å²) >= 11 is 0. The fourth-order valence-corrected chi connectivity index (χ4v) is 3.86. The van der Waals surface area contributed by atoms with Gasteiger partial charge in [-0.1, -0.05) is 13.3 Å². The van der Waals surface area contributed by atoms with Gasteiger partial charge in [-0.05, 0) is 32.4 Å². The van der Waals surface area contributed by atoms with E-state index in [-0.39, 0.29) is 11.3 Å².